The lowest BCUT2D eigenvalue weighted by atomic mass is 9.81. The molecule has 18 nitrogen and oxygen atoms in total. The summed E-state index contributed by atoms with van der Waals surface area (Å²) < 4.78 is 0. The topological polar surface area (TPSA) is 229 Å². The van der Waals surface area contributed by atoms with E-state index in [2.05, 4.69) is 59.0 Å². The molecule has 4 aliphatic heterocycles. The van der Waals surface area contributed by atoms with E-state index in [9.17, 15) is 34.0 Å². The molecule has 108 heavy (non-hydrogen) atoms. The highest BCUT2D eigenvalue weighted by Gasteiger charge is 2.45. The zero-order valence-corrected chi connectivity index (χ0v) is 65.9. The molecular formula is C88H108N10O8S2. The Balaban J connectivity index is 0.886. The fraction of sp³-hybridized carbons (Fsp3) is 0.545. The molecule has 0 unspecified atom stereocenters. The quantitative estimate of drug-likeness (QED) is 0.0197. The van der Waals surface area contributed by atoms with Crippen LogP contribution in [0.3, 0.4) is 0 Å². The minimum Gasteiger partial charge on any atom is -0.275 e. The number of carbonyl (C=O) groups excluding carboxylic acids is 8. The first-order chi connectivity index (χ1) is 52.8. The van der Waals surface area contributed by atoms with Crippen molar-refractivity contribution in [1.82, 2.24) is 40.0 Å². The predicted octanol–water partition coefficient (Wildman–Crippen LogP) is 22.9. The summed E-state index contributed by atoms with van der Waals surface area (Å²) in [6.45, 7) is 17.8. The first-order valence-electron chi connectivity index (χ1n) is 41.2. The van der Waals surface area contributed by atoms with Gasteiger partial charge in [0.05, 0.1) is 49.7 Å². The van der Waals surface area contributed by atoms with Crippen molar-refractivity contribution < 1.29 is 38.4 Å². The van der Waals surface area contributed by atoms with Gasteiger partial charge in [-0.3, -0.25) is 58.0 Å². The van der Waals surface area contributed by atoms with E-state index in [0.29, 0.717) is 56.3 Å². The Labute approximate surface area is 646 Å². The molecule has 4 aliphatic rings. The van der Waals surface area contributed by atoms with Gasteiger partial charge in [-0.2, -0.15) is 5.26 Å². The molecule has 0 saturated carbocycles. The first-order valence-corrected chi connectivity index (χ1v) is 42.8. The second kappa shape index (κ2) is 39.6. The Morgan fingerprint density at radius 3 is 0.870 bits per heavy atom. The molecule has 0 bridgehead atoms. The van der Waals surface area contributed by atoms with E-state index in [-0.39, 0.29) is 115 Å². The Hall–Kier alpha value is -8.72. The van der Waals surface area contributed by atoms with Crippen LogP contribution < -0.4 is 0 Å². The number of benzene rings is 4. The van der Waals surface area contributed by atoms with Gasteiger partial charge < -0.3 is 0 Å². The predicted molar refractivity (Wildman–Crippen MR) is 430 cm³/mol. The number of unbranched alkanes of at least 4 members (excludes halogenated alkanes) is 36. The van der Waals surface area contributed by atoms with Gasteiger partial charge in [-0.1, -0.05) is 259 Å². The molecule has 0 N–H and O–H groups in total. The summed E-state index contributed by atoms with van der Waals surface area (Å²) in [4.78, 5) is 131. The number of hydrogen-bond acceptors (Lipinski definition) is 15. The van der Waals surface area contributed by atoms with E-state index in [1.165, 1.54) is 183 Å². The van der Waals surface area contributed by atoms with Crippen LogP contribution in [0.15, 0.2) is 48.5 Å². The summed E-state index contributed by atoms with van der Waals surface area (Å²) in [5.41, 5.74) is 1.58. The van der Waals surface area contributed by atoms with Gasteiger partial charge in [-0.25, -0.2) is 4.85 Å². The second-order valence-corrected chi connectivity index (χ2v) is 32.4. The molecule has 0 aliphatic carbocycles. The normalized spacial score (nSPS) is 13.9. The molecular weight excluding hydrogens is 1390 g/mol. The molecule has 0 saturated heterocycles. The van der Waals surface area contributed by atoms with E-state index < -0.39 is 47.3 Å². The molecule has 3 aromatic heterocycles. The third-order valence-corrected chi connectivity index (χ3v) is 24.6. The highest BCUT2D eigenvalue weighted by molar-refractivity contribution is 7.19. The third kappa shape index (κ3) is 18.1. The summed E-state index contributed by atoms with van der Waals surface area (Å²) >= 11 is 2.49. The number of thiophene rings is 2. The van der Waals surface area contributed by atoms with Crippen LogP contribution in [0.4, 0.5) is 5.69 Å². The van der Waals surface area contributed by atoms with Crippen molar-refractivity contribution in [3.05, 3.63) is 110 Å². The van der Waals surface area contributed by atoms with Gasteiger partial charge in [0.25, 0.3) is 47.3 Å². The van der Waals surface area contributed by atoms with Crippen molar-refractivity contribution in [1.29, 1.82) is 5.26 Å². The summed E-state index contributed by atoms with van der Waals surface area (Å²) in [7, 11) is 0. The number of imide groups is 4. The number of nitrogens with zero attached hydrogens (tertiary/aromatic N) is 10. The lowest BCUT2D eigenvalue weighted by molar-refractivity contribution is 0.0586. The van der Waals surface area contributed by atoms with Gasteiger partial charge in [0.2, 0.25) is 17.3 Å². The van der Waals surface area contributed by atoms with Crippen LogP contribution >= 0.6 is 22.7 Å². The molecule has 20 heteroatoms. The van der Waals surface area contributed by atoms with Crippen LogP contribution in [0.5, 0.6) is 0 Å². The summed E-state index contributed by atoms with van der Waals surface area (Å²) in [6.07, 6.45) is 42.6. The maximum Gasteiger partial charge on any atom is 0.262 e. The van der Waals surface area contributed by atoms with Crippen LogP contribution in [0.2, 0.25) is 0 Å². The number of amides is 8. The lowest BCUT2D eigenvalue weighted by Gasteiger charge is -2.34. The molecule has 11 rings (SSSR count). The van der Waals surface area contributed by atoms with Gasteiger partial charge in [-0.05, 0) is 79.6 Å². The number of aromatic nitrogens is 4. The zero-order valence-electron chi connectivity index (χ0n) is 64.3. The van der Waals surface area contributed by atoms with E-state index in [1.807, 2.05) is 6.07 Å². The van der Waals surface area contributed by atoms with Crippen LogP contribution in [0.25, 0.3) is 68.7 Å². The fourth-order valence-corrected chi connectivity index (χ4v) is 18.2. The average Bonchev–Trinajstić information content (AvgIpc) is 0.846. The Kier molecular flexibility index (Phi) is 29.4. The molecule has 8 amide bonds. The first kappa shape index (κ1) is 80.3. The Morgan fingerprint density at radius 2 is 0.565 bits per heavy atom. The maximum absolute atomic E-state index is 15.3. The van der Waals surface area contributed by atoms with Crippen molar-refractivity contribution in [2.75, 3.05) is 26.2 Å². The molecule has 7 aromatic rings. The zero-order chi connectivity index (χ0) is 76.1. The number of nitriles is 1. The summed E-state index contributed by atoms with van der Waals surface area (Å²) in [5, 5.41) is 29.8. The molecule has 0 fully saturated rings. The standard InChI is InChI=1S/C88H108N10O8S2/c1-6-10-14-18-22-26-30-34-38-42-50-95-82(100)63-55-60(76-73-62(54-59(58-89)71(72(63)73)85(95)103)81(99)96(86(76)104)51-43-39-35-31-27-23-19-15-11-7-2)67-46-48-69(107-67)79-91-93-80(94-92-79)70-49-47-68(108-70)61-56-64-75-74-65(84(102)97(87(105)77(61)74)52-44-40-36-32-28-24-20-16-12-8-3)57-66(90-5)78(75)88(106)98(83(64)101)53-45-41-37-33-29-25-21-17-13-9-4/h46-49,54-57H,6-45,50-53H2,1-4H3. The van der Waals surface area contributed by atoms with E-state index in [1.54, 1.807) is 30.3 Å². The van der Waals surface area contributed by atoms with Gasteiger partial charge in [0.1, 0.15) is 6.07 Å². The van der Waals surface area contributed by atoms with Crippen molar-refractivity contribution in [2.45, 2.75) is 285 Å². The van der Waals surface area contributed by atoms with Gasteiger partial charge >= 0.3 is 0 Å². The Morgan fingerprint density at radius 1 is 0.315 bits per heavy atom. The number of carbonyl (C=O) groups is 8. The van der Waals surface area contributed by atoms with Gasteiger partial charge in [0.15, 0.2) is 0 Å². The largest absolute Gasteiger partial charge is 0.275 e. The summed E-state index contributed by atoms with van der Waals surface area (Å²) in [5.74, 6) is -4.22. The van der Waals surface area contributed by atoms with Crippen LogP contribution in [-0.2, 0) is 0 Å². The monoisotopic (exact) mass is 1500 g/mol. The average molecular weight is 1500 g/mol. The molecule has 4 aromatic carbocycles. The molecule has 0 radical (unpaired) electrons. The molecule has 7 heterocycles. The highest BCUT2D eigenvalue weighted by Crippen LogP contribution is 2.50. The Bertz CT molecular complexity index is 4240. The van der Waals surface area contributed by atoms with Crippen molar-refractivity contribution in [3.63, 3.8) is 0 Å². The third-order valence-electron chi connectivity index (χ3n) is 22.4. The van der Waals surface area contributed by atoms with Crippen LogP contribution in [0.1, 0.15) is 373 Å². The minimum absolute atomic E-state index is 0.0193. The van der Waals surface area contributed by atoms with Gasteiger partial charge in [-0.15, -0.1) is 43.1 Å². The van der Waals surface area contributed by atoms with E-state index in [0.717, 1.165) is 103 Å². The van der Waals surface area contributed by atoms with Crippen LogP contribution in [-0.4, -0.2) is 113 Å². The molecule has 0 spiro atoms. The lowest BCUT2D eigenvalue weighted by Crippen LogP contribution is -2.44. The van der Waals surface area contributed by atoms with Crippen molar-refractivity contribution in [3.8, 4) is 48.4 Å². The van der Waals surface area contributed by atoms with E-state index >= 15 is 9.59 Å². The van der Waals surface area contributed by atoms with Crippen molar-refractivity contribution >= 4 is 97.2 Å². The fourth-order valence-electron chi connectivity index (χ4n) is 16.3. The molecule has 570 valence electrons. The second-order valence-electron chi connectivity index (χ2n) is 30.2. The SMILES string of the molecule is [C-]#[N+]c1cc2c3c(c(-c4ccc(-c5nnc(-c6ccc(-c7cc8c9c(c(C#N)cc%10c9c7C(=O)N(CCCCCCCCCCCC)C%10=O)C(=O)N(CCCCCCCCCCCC)C8=O)s6)nn5)s4)cc4c3c1C(=O)N(CCCCCCCCCCCC)C4=O)C(=O)N(CCCCCCCCCCCC)C2=O. The van der Waals surface area contributed by atoms with Crippen molar-refractivity contribution in [2.24, 2.45) is 0 Å². The number of hydrogen-bond donors (Lipinski definition) is 0. The van der Waals surface area contributed by atoms with Crippen LogP contribution in [0, 0.1) is 17.9 Å². The maximum atomic E-state index is 15.3. The summed E-state index contributed by atoms with van der Waals surface area (Å²) in [6, 6.07) is 15.6. The smallest absolute Gasteiger partial charge is 0.262 e. The number of rotatable bonds is 48. The minimum atomic E-state index is -0.613. The van der Waals surface area contributed by atoms with Gasteiger partial charge in [0, 0.05) is 79.9 Å². The van der Waals surface area contributed by atoms with E-state index in [4.69, 9.17) is 6.57 Å². The highest BCUT2D eigenvalue weighted by atomic mass is 32.1. The molecule has 0 atom stereocenters.